The fraction of sp³-hybridized carbons (Fsp3) is 0.524. The van der Waals surface area contributed by atoms with E-state index in [2.05, 4.69) is 36.1 Å². The van der Waals surface area contributed by atoms with Gasteiger partial charge in [0.25, 0.3) is 5.91 Å². The highest BCUT2D eigenvalue weighted by Crippen LogP contribution is 2.26. The van der Waals surface area contributed by atoms with Crippen LogP contribution in [0.2, 0.25) is 0 Å². The third-order valence-electron chi connectivity index (χ3n) is 5.85. The number of nitrogens with one attached hydrogen (secondary N) is 3. The van der Waals surface area contributed by atoms with Gasteiger partial charge < -0.3 is 21.7 Å². The first kappa shape index (κ1) is 20.9. The van der Waals surface area contributed by atoms with Crippen molar-refractivity contribution in [2.75, 3.05) is 10.6 Å². The minimum Gasteiger partial charge on any atom is -0.380 e. The monoisotopic (exact) mass is 421 g/mol. The average Bonchev–Trinajstić information content (AvgIpc) is 3.29. The summed E-state index contributed by atoms with van der Waals surface area (Å²) < 4.78 is 0. The van der Waals surface area contributed by atoms with E-state index >= 15 is 0 Å². The molecule has 10 heteroatoms. The number of aromatic nitrogens is 4. The molecule has 2 aromatic rings. The average molecular weight is 422 g/mol. The Morgan fingerprint density at radius 2 is 1.77 bits per heavy atom. The molecule has 2 aromatic heterocycles. The molecule has 10 nitrogen and oxygen atoms in total. The van der Waals surface area contributed by atoms with Crippen LogP contribution in [0.1, 0.15) is 67.5 Å². The predicted molar refractivity (Wildman–Crippen MR) is 116 cm³/mol. The van der Waals surface area contributed by atoms with Crippen molar-refractivity contribution in [1.82, 2.24) is 25.5 Å². The topological polar surface area (TPSA) is 155 Å². The highest BCUT2D eigenvalue weighted by molar-refractivity contribution is 5.98. The smallest absolute Gasteiger partial charge is 0.274 e. The van der Waals surface area contributed by atoms with Crippen molar-refractivity contribution in [3.63, 3.8) is 0 Å². The maximum atomic E-state index is 12.9. The first-order chi connectivity index (χ1) is 15.1. The fourth-order valence-corrected chi connectivity index (χ4v) is 4.12. The van der Waals surface area contributed by atoms with Crippen molar-refractivity contribution in [1.29, 1.82) is 5.26 Å². The highest BCUT2D eigenvalue weighted by Gasteiger charge is 2.24. The molecule has 5 N–H and O–H groups in total. The fourth-order valence-electron chi connectivity index (χ4n) is 4.12. The molecule has 0 aromatic carbocycles. The van der Waals surface area contributed by atoms with E-state index in [1.165, 1.54) is 12.4 Å². The summed E-state index contributed by atoms with van der Waals surface area (Å²) in [5.41, 5.74) is 7.19. The van der Waals surface area contributed by atoms with Gasteiger partial charge in [-0.05, 0) is 38.5 Å². The summed E-state index contributed by atoms with van der Waals surface area (Å²) in [6, 6.07) is 4.37. The molecule has 162 valence electrons. The summed E-state index contributed by atoms with van der Waals surface area (Å²) in [6.07, 6.45) is 10.9. The van der Waals surface area contributed by atoms with Crippen LogP contribution in [0.25, 0.3) is 0 Å². The van der Waals surface area contributed by atoms with Gasteiger partial charge in [-0.3, -0.25) is 4.79 Å². The Morgan fingerprint density at radius 1 is 1.00 bits per heavy atom. The number of anilines is 3. The molecule has 2 aliphatic carbocycles. The Kier molecular flexibility index (Phi) is 6.52. The van der Waals surface area contributed by atoms with E-state index < -0.39 is 0 Å². The van der Waals surface area contributed by atoms with E-state index in [-0.39, 0.29) is 29.7 Å². The summed E-state index contributed by atoms with van der Waals surface area (Å²) in [7, 11) is 0. The van der Waals surface area contributed by atoms with Crippen LogP contribution in [-0.4, -0.2) is 44.2 Å². The molecule has 0 atom stereocenters. The zero-order chi connectivity index (χ0) is 21.6. The summed E-state index contributed by atoms with van der Waals surface area (Å²) in [6.45, 7) is 0. The third-order valence-corrected chi connectivity index (χ3v) is 5.85. The van der Waals surface area contributed by atoms with Gasteiger partial charge in [-0.15, -0.1) is 10.2 Å². The molecule has 2 fully saturated rings. The number of hydrogen-bond acceptors (Lipinski definition) is 9. The number of nitriles is 1. The van der Waals surface area contributed by atoms with Crippen LogP contribution < -0.4 is 21.7 Å². The lowest BCUT2D eigenvalue weighted by atomic mass is 9.91. The number of nitrogens with two attached hydrogens (primary N) is 1. The van der Waals surface area contributed by atoms with Gasteiger partial charge in [-0.2, -0.15) is 5.26 Å². The minimum absolute atomic E-state index is 0.196. The van der Waals surface area contributed by atoms with E-state index in [9.17, 15) is 4.79 Å². The maximum absolute atomic E-state index is 12.9. The number of hydrogen-bond donors (Lipinski definition) is 4. The van der Waals surface area contributed by atoms with E-state index in [0.29, 0.717) is 23.0 Å². The van der Waals surface area contributed by atoms with Gasteiger partial charge in [0.15, 0.2) is 17.2 Å². The zero-order valence-electron chi connectivity index (χ0n) is 17.3. The summed E-state index contributed by atoms with van der Waals surface area (Å²) in [5.74, 6) is 0.664. The van der Waals surface area contributed by atoms with Crippen molar-refractivity contribution >= 4 is 23.2 Å². The molecular weight excluding hydrogens is 394 g/mol. The van der Waals surface area contributed by atoms with Gasteiger partial charge in [0.1, 0.15) is 11.9 Å². The quantitative estimate of drug-likeness (QED) is 0.549. The number of carbonyl (C=O) groups is 1. The minimum atomic E-state index is -0.209. The summed E-state index contributed by atoms with van der Waals surface area (Å²) in [4.78, 5) is 21.0. The van der Waals surface area contributed by atoms with E-state index in [1.54, 1.807) is 6.07 Å². The number of nitrogens with zero attached hydrogens (tertiary/aromatic N) is 5. The second-order valence-corrected chi connectivity index (χ2v) is 8.23. The lowest BCUT2D eigenvalue weighted by molar-refractivity contribution is 0.0932. The Balaban J connectivity index is 1.54. The van der Waals surface area contributed by atoms with Crippen LogP contribution >= 0.6 is 0 Å². The number of amides is 1. The SMILES string of the molecule is N#Cc1cnc(Nc2cc(NC3CCC(N)CC3)c(C(=O)NC3CCCC3)nn2)cn1. The van der Waals surface area contributed by atoms with Gasteiger partial charge in [-0.25, -0.2) is 9.97 Å². The van der Waals surface area contributed by atoms with Gasteiger partial charge in [0, 0.05) is 24.2 Å². The maximum Gasteiger partial charge on any atom is 0.274 e. The largest absolute Gasteiger partial charge is 0.380 e. The third kappa shape index (κ3) is 5.44. The zero-order valence-corrected chi connectivity index (χ0v) is 17.3. The molecule has 2 aliphatic rings. The Labute approximate surface area is 181 Å². The van der Waals surface area contributed by atoms with Crippen LogP contribution in [-0.2, 0) is 0 Å². The lowest BCUT2D eigenvalue weighted by Gasteiger charge is -2.28. The molecule has 2 saturated carbocycles. The molecule has 0 spiro atoms. The summed E-state index contributed by atoms with van der Waals surface area (Å²) in [5, 5.41) is 26.8. The molecule has 31 heavy (non-hydrogen) atoms. The van der Waals surface area contributed by atoms with Crippen LogP contribution in [0.5, 0.6) is 0 Å². The van der Waals surface area contributed by atoms with Crippen LogP contribution in [0.4, 0.5) is 17.3 Å². The normalized spacial score (nSPS) is 21.3. The number of rotatable bonds is 6. The molecule has 0 unspecified atom stereocenters. The van der Waals surface area contributed by atoms with Crippen molar-refractivity contribution < 1.29 is 4.79 Å². The van der Waals surface area contributed by atoms with E-state index in [0.717, 1.165) is 51.4 Å². The molecular formula is C21H27N9O. The molecule has 0 radical (unpaired) electrons. The molecule has 1 amide bonds. The standard InChI is InChI=1S/C21H27N9O/c22-10-16-11-25-19(12-24-16)28-18-9-17(26-15-7-5-13(23)6-8-15)20(30-29-18)21(31)27-14-3-1-2-4-14/h9,11-15H,1-8,23H2,(H,27,31)(H2,25,26,28,29). The van der Waals surface area contributed by atoms with E-state index in [1.807, 2.05) is 6.07 Å². The Morgan fingerprint density at radius 3 is 2.45 bits per heavy atom. The van der Waals surface area contributed by atoms with Crippen LogP contribution in [0.3, 0.4) is 0 Å². The van der Waals surface area contributed by atoms with Gasteiger partial charge in [0.05, 0.1) is 18.1 Å². The van der Waals surface area contributed by atoms with Crippen molar-refractivity contribution in [2.24, 2.45) is 5.73 Å². The molecule has 0 saturated heterocycles. The second kappa shape index (κ2) is 9.66. The van der Waals surface area contributed by atoms with E-state index in [4.69, 9.17) is 11.0 Å². The predicted octanol–water partition coefficient (Wildman–Crippen LogP) is 2.24. The van der Waals surface area contributed by atoms with Crippen LogP contribution in [0.15, 0.2) is 18.5 Å². The van der Waals surface area contributed by atoms with Gasteiger partial charge >= 0.3 is 0 Å². The first-order valence-electron chi connectivity index (χ1n) is 10.8. The second-order valence-electron chi connectivity index (χ2n) is 8.23. The van der Waals surface area contributed by atoms with Crippen molar-refractivity contribution in [3.05, 3.63) is 29.8 Å². The Bertz CT molecular complexity index is 942. The van der Waals surface area contributed by atoms with Crippen LogP contribution in [0, 0.1) is 11.3 Å². The first-order valence-corrected chi connectivity index (χ1v) is 10.8. The molecule has 0 bridgehead atoms. The van der Waals surface area contributed by atoms with Crippen molar-refractivity contribution in [2.45, 2.75) is 69.5 Å². The Hall–Kier alpha value is -3.32. The molecule has 2 heterocycles. The number of carbonyl (C=O) groups excluding carboxylic acids is 1. The molecule has 0 aliphatic heterocycles. The van der Waals surface area contributed by atoms with Gasteiger partial charge in [0.2, 0.25) is 0 Å². The van der Waals surface area contributed by atoms with Gasteiger partial charge in [-0.1, -0.05) is 12.8 Å². The summed E-state index contributed by atoms with van der Waals surface area (Å²) >= 11 is 0. The molecule has 4 rings (SSSR count). The highest BCUT2D eigenvalue weighted by atomic mass is 16.2. The lowest BCUT2D eigenvalue weighted by Crippen LogP contribution is -2.36. The van der Waals surface area contributed by atoms with Crippen molar-refractivity contribution in [3.8, 4) is 6.07 Å².